The summed E-state index contributed by atoms with van der Waals surface area (Å²) in [4.78, 5) is 15.7. The van der Waals surface area contributed by atoms with Gasteiger partial charge in [-0.2, -0.15) is 0 Å². The lowest BCUT2D eigenvalue weighted by molar-refractivity contribution is 0.0932. The summed E-state index contributed by atoms with van der Waals surface area (Å²) in [5.41, 5.74) is 4.17. The molecule has 0 bridgehead atoms. The number of amides is 1. The molecule has 110 valence electrons. The highest BCUT2D eigenvalue weighted by molar-refractivity contribution is 9.10. The molecule has 22 heavy (non-hydrogen) atoms. The van der Waals surface area contributed by atoms with E-state index in [-0.39, 0.29) is 11.9 Å². The Bertz CT molecular complexity index is 868. The second kappa shape index (κ2) is 5.29. The van der Waals surface area contributed by atoms with E-state index in [1.54, 1.807) is 0 Å². The lowest BCUT2D eigenvalue weighted by atomic mass is 10.1. The van der Waals surface area contributed by atoms with Crippen molar-refractivity contribution in [3.05, 3.63) is 69.8 Å². The molecule has 1 amide bonds. The second-order valence-corrected chi connectivity index (χ2v) is 6.59. The Morgan fingerprint density at radius 2 is 2.05 bits per heavy atom. The maximum absolute atomic E-state index is 12.5. The minimum Gasteiger partial charge on any atom is -0.351 e. The van der Waals surface area contributed by atoms with Crippen molar-refractivity contribution in [2.45, 2.75) is 18.9 Å². The zero-order chi connectivity index (χ0) is 15.1. The van der Waals surface area contributed by atoms with E-state index in [9.17, 15) is 4.79 Å². The number of hydrogen-bond acceptors (Lipinski definition) is 1. The highest BCUT2D eigenvalue weighted by atomic mass is 79.9. The summed E-state index contributed by atoms with van der Waals surface area (Å²) in [6.07, 6.45) is 2.00. The quantitative estimate of drug-likeness (QED) is 0.705. The van der Waals surface area contributed by atoms with Crippen molar-refractivity contribution in [2.75, 3.05) is 0 Å². The first-order chi connectivity index (χ1) is 10.7. The van der Waals surface area contributed by atoms with Crippen LogP contribution in [0.25, 0.3) is 10.9 Å². The summed E-state index contributed by atoms with van der Waals surface area (Å²) in [6, 6.07) is 16.3. The zero-order valence-corrected chi connectivity index (χ0v) is 13.5. The van der Waals surface area contributed by atoms with E-state index >= 15 is 0 Å². The lowest BCUT2D eigenvalue weighted by Gasteiger charge is -2.13. The molecule has 1 heterocycles. The van der Waals surface area contributed by atoms with Crippen LogP contribution in [-0.4, -0.2) is 10.9 Å². The SMILES string of the molecule is O=C(NC1CCc2ccccc21)c1cc2cc(Br)ccc2[nH]1. The predicted octanol–water partition coefficient (Wildman–Crippen LogP) is 4.35. The van der Waals surface area contributed by atoms with E-state index < -0.39 is 0 Å². The fourth-order valence-corrected chi connectivity index (χ4v) is 3.55. The summed E-state index contributed by atoms with van der Waals surface area (Å²) in [6.45, 7) is 0. The number of fused-ring (bicyclic) bond motifs is 2. The van der Waals surface area contributed by atoms with Gasteiger partial charge in [0.15, 0.2) is 0 Å². The summed E-state index contributed by atoms with van der Waals surface area (Å²) >= 11 is 3.45. The number of H-pyrrole nitrogens is 1. The molecular weight excluding hydrogens is 340 g/mol. The van der Waals surface area contributed by atoms with Gasteiger partial charge in [-0.25, -0.2) is 0 Å². The number of aryl methyl sites for hydroxylation is 1. The first kappa shape index (κ1) is 13.6. The van der Waals surface area contributed by atoms with Gasteiger partial charge in [-0.15, -0.1) is 0 Å². The second-order valence-electron chi connectivity index (χ2n) is 5.68. The van der Waals surface area contributed by atoms with Crippen LogP contribution in [0.5, 0.6) is 0 Å². The number of carbonyl (C=O) groups is 1. The molecule has 1 aromatic heterocycles. The number of carbonyl (C=O) groups excluding carboxylic acids is 1. The van der Waals surface area contributed by atoms with E-state index in [0.717, 1.165) is 28.2 Å². The molecule has 4 heteroatoms. The van der Waals surface area contributed by atoms with Gasteiger partial charge in [-0.05, 0) is 48.2 Å². The van der Waals surface area contributed by atoms with Crippen molar-refractivity contribution in [3.63, 3.8) is 0 Å². The van der Waals surface area contributed by atoms with Crippen molar-refractivity contribution in [3.8, 4) is 0 Å². The molecule has 2 aromatic carbocycles. The molecule has 1 atom stereocenters. The fourth-order valence-electron chi connectivity index (χ4n) is 3.17. The molecule has 3 nitrogen and oxygen atoms in total. The maximum Gasteiger partial charge on any atom is 0.268 e. The Balaban J connectivity index is 1.59. The van der Waals surface area contributed by atoms with Crippen LogP contribution >= 0.6 is 15.9 Å². The van der Waals surface area contributed by atoms with E-state index in [2.05, 4.69) is 44.4 Å². The maximum atomic E-state index is 12.5. The van der Waals surface area contributed by atoms with Crippen LogP contribution < -0.4 is 5.32 Å². The van der Waals surface area contributed by atoms with Gasteiger partial charge in [0.25, 0.3) is 5.91 Å². The Labute approximate surface area is 136 Å². The van der Waals surface area contributed by atoms with Gasteiger partial charge >= 0.3 is 0 Å². The number of benzene rings is 2. The number of aromatic amines is 1. The van der Waals surface area contributed by atoms with Crippen molar-refractivity contribution < 1.29 is 4.79 Å². The van der Waals surface area contributed by atoms with Crippen LogP contribution in [0.15, 0.2) is 53.0 Å². The zero-order valence-electron chi connectivity index (χ0n) is 11.9. The van der Waals surface area contributed by atoms with E-state index in [4.69, 9.17) is 0 Å². The van der Waals surface area contributed by atoms with Gasteiger partial charge < -0.3 is 10.3 Å². The van der Waals surface area contributed by atoms with E-state index in [1.807, 2.05) is 30.3 Å². The highest BCUT2D eigenvalue weighted by Gasteiger charge is 2.24. The van der Waals surface area contributed by atoms with Crippen LogP contribution in [0, 0.1) is 0 Å². The molecule has 0 aliphatic heterocycles. The minimum atomic E-state index is -0.0472. The molecule has 0 saturated heterocycles. The van der Waals surface area contributed by atoms with Crippen LogP contribution in [-0.2, 0) is 6.42 Å². The Hall–Kier alpha value is -2.07. The molecular formula is C18H15BrN2O. The average Bonchev–Trinajstić information content (AvgIpc) is 3.11. The number of rotatable bonds is 2. The molecule has 0 fully saturated rings. The molecule has 1 aliphatic carbocycles. The monoisotopic (exact) mass is 354 g/mol. The van der Waals surface area contributed by atoms with Crippen molar-refractivity contribution in [2.24, 2.45) is 0 Å². The van der Waals surface area contributed by atoms with Crippen molar-refractivity contribution in [1.29, 1.82) is 0 Å². The molecule has 1 aliphatic rings. The van der Waals surface area contributed by atoms with Crippen LogP contribution in [0.3, 0.4) is 0 Å². The first-order valence-electron chi connectivity index (χ1n) is 7.37. The van der Waals surface area contributed by atoms with E-state index in [1.165, 1.54) is 11.1 Å². The number of aromatic nitrogens is 1. The Morgan fingerprint density at radius 1 is 1.18 bits per heavy atom. The Morgan fingerprint density at radius 3 is 2.95 bits per heavy atom. The third kappa shape index (κ3) is 2.33. The van der Waals surface area contributed by atoms with Crippen LogP contribution in [0.4, 0.5) is 0 Å². The number of hydrogen-bond donors (Lipinski definition) is 2. The summed E-state index contributed by atoms with van der Waals surface area (Å²) < 4.78 is 1.01. The van der Waals surface area contributed by atoms with Gasteiger partial charge in [-0.3, -0.25) is 4.79 Å². The predicted molar refractivity (Wildman–Crippen MR) is 91.0 cm³/mol. The third-order valence-electron chi connectivity index (χ3n) is 4.27. The largest absolute Gasteiger partial charge is 0.351 e. The van der Waals surface area contributed by atoms with Gasteiger partial charge in [0.2, 0.25) is 0 Å². The molecule has 0 spiro atoms. The average molecular weight is 355 g/mol. The lowest BCUT2D eigenvalue weighted by Crippen LogP contribution is -2.27. The number of nitrogens with one attached hydrogen (secondary N) is 2. The van der Waals surface area contributed by atoms with E-state index in [0.29, 0.717) is 5.69 Å². The van der Waals surface area contributed by atoms with Crippen molar-refractivity contribution >= 4 is 32.7 Å². The topological polar surface area (TPSA) is 44.9 Å². The molecule has 1 unspecified atom stereocenters. The molecule has 2 N–H and O–H groups in total. The van der Waals surface area contributed by atoms with Crippen LogP contribution in [0.1, 0.15) is 34.1 Å². The normalized spacial score (nSPS) is 16.7. The summed E-state index contributed by atoms with van der Waals surface area (Å²) in [5.74, 6) is -0.0472. The van der Waals surface area contributed by atoms with Gasteiger partial charge in [0.05, 0.1) is 6.04 Å². The smallest absolute Gasteiger partial charge is 0.268 e. The molecule has 3 aromatic rings. The summed E-state index contributed by atoms with van der Waals surface area (Å²) in [7, 11) is 0. The van der Waals surface area contributed by atoms with Gasteiger partial charge in [-0.1, -0.05) is 40.2 Å². The highest BCUT2D eigenvalue weighted by Crippen LogP contribution is 2.31. The van der Waals surface area contributed by atoms with Crippen LogP contribution in [0.2, 0.25) is 0 Å². The third-order valence-corrected chi connectivity index (χ3v) is 4.76. The van der Waals surface area contributed by atoms with Gasteiger partial charge in [0.1, 0.15) is 5.69 Å². The first-order valence-corrected chi connectivity index (χ1v) is 8.17. The standard InChI is InChI=1S/C18H15BrN2O/c19-13-6-8-15-12(9-13)10-17(20-15)18(22)21-16-7-5-11-3-1-2-4-14(11)16/h1-4,6,8-10,16,20H,5,7H2,(H,21,22). The Kier molecular flexibility index (Phi) is 3.26. The van der Waals surface area contributed by atoms with Gasteiger partial charge in [0, 0.05) is 15.4 Å². The molecule has 0 radical (unpaired) electrons. The van der Waals surface area contributed by atoms with Crippen molar-refractivity contribution in [1.82, 2.24) is 10.3 Å². The summed E-state index contributed by atoms with van der Waals surface area (Å²) in [5, 5.41) is 4.18. The number of halogens is 1. The molecule has 4 rings (SSSR count). The fraction of sp³-hybridized carbons (Fsp3) is 0.167. The molecule has 0 saturated carbocycles. The minimum absolute atomic E-state index is 0.0472.